The molecule has 0 unspecified atom stereocenters. The van der Waals surface area contributed by atoms with E-state index in [0.29, 0.717) is 6.54 Å². The number of rotatable bonds is 7. The first-order valence-corrected chi connectivity index (χ1v) is 7.20. The lowest BCUT2D eigenvalue weighted by Crippen LogP contribution is -2.40. The summed E-state index contributed by atoms with van der Waals surface area (Å²) in [4.78, 5) is 15.7. The molecule has 0 aromatic rings. The Morgan fingerprint density at radius 3 is 2.22 bits per heavy atom. The number of hydrogen-bond acceptors (Lipinski definition) is 4. The predicted octanol–water partition coefficient (Wildman–Crippen LogP) is 2.50. The highest BCUT2D eigenvalue weighted by atomic mass is 32.1. The Morgan fingerprint density at radius 2 is 1.78 bits per heavy atom. The number of hydrogen-bond donors (Lipinski definition) is 1. The minimum absolute atomic E-state index is 0.259. The van der Waals surface area contributed by atoms with Gasteiger partial charge in [-0.05, 0) is 33.7 Å². The molecule has 1 amide bonds. The molecular formula is C13H28N2O2S. The molecule has 0 aliphatic carbocycles. The van der Waals surface area contributed by atoms with Gasteiger partial charge in [0.15, 0.2) is 0 Å². The molecule has 0 bridgehead atoms. The molecular weight excluding hydrogens is 248 g/mol. The van der Waals surface area contributed by atoms with Crippen molar-refractivity contribution in [3.8, 4) is 0 Å². The SMILES string of the molecule is CCCN(CCS)CCN(C)C(=O)OC(C)(C)C. The van der Waals surface area contributed by atoms with Crippen LogP contribution in [-0.4, -0.2) is 60.5 Å². The van der Waals surface area contributed by atoms with E-state index in [1.807, 2.05) is 20.8 Å². The predicted molar refractivity (Wildman–Crippen MR) is 79.4 cm³/mol. The van der Waals surface area contributed by atoms with Crippen molar-refractivity contribution in [1.29, 1.82) is 0 Å². The summed E-state index contributed by atoms with van der Waals surface area (Å²) in [5.74, 6) is 0.843. The monoisotopic (exact) mass is 276 g/mol. The quantitative estimate of drug-likeness (QED) is 0.725. The summed E-state index contributed by atoms with van der Waals surface area (Å²) < 4.78 is 5.31. The standard InChI is InChI=1S/C13H28N2O2S/c1-6-7-15(10-11-18)9-8-14(5)12(16)17-13(2,3)4/h18H,6-11H2,1-5H3. The summed E-state index contributed by atoms with van der Waals surface area (Å²) in [5.41, 5.74) is -0.431. The van der Waals surface area contributed by atoms with Crippen molar-refractivity contribution >= 4 is 18.7 Å². The summed E-state index contributed by atoms with van der Waals surface area (Å²) in [6.45, 7) is 11.3. The molecule has 0 aromatic heterocycles. The van der Waals surface area contributed by atoms with Crippen molar-refractivity contribution in [3.63, 3.8) is 0 Å². The van der Waals surface area contributed by atoms with Gasteiger partial charge in [0.05, 0.1) is 0 Å². The van der Waals surface area contributed by atoms with E-state index in [-0.39, 0.29) is 6.09 Å². The minimum atomic E-state index is -0.431. The lowest BCUT2D eigenvalue weighted by molar-refractivity contribution is 0.0284. The van der Waals surface area contributed by atoms with E-state index in [4.69, 9.17) is 4.74 Å². The van der Waals surface area contributed by atoms with Gasteiger partial charge < -0.3 is 14.5 Å². The highest BCUT2D eigenvalue weighted by Crippen LogP contribution is 2.09. The smallest absolute Gasteiger partial charge is 0.410 e. The minimum Gasteiger partial charge on any atom is -0.444 e. The normalized spacial score (nSPS) is 11.7. The molecule has 0 aliphatic heterocycles. The van der Waals surface area contributed by atoms with Gasteiger partial charge in [-0.15, -0.1) is 0 Å². The topological polar surface area (TPSA) is 32.8 Å². The van der Waals surface area contributed by atoms with Crippen LogP contribution in [0.5, 0.6) is 0 Å². The molecule has 0 spiro atoms. The Kier molecular flexibility index (Phi) is 8.44. The number of carbonyl (C=O) groups excluding carboxylic acids is 1. The van der Waals surface area contributed by atoms with Gasteiger partial charge in [0.25, 0.3) is 0 Å². The van der Waals surface area contributed by atoms with E-state index < -0.39 is 5.60 Å². The van der Waals surface area contributed by atoms with Gasteiger partial charge in [0.1, 0.15) is 5.60 Å². The van der Waals surface area contributed by atoms with Gasteiger partial charge in [0, 0.05) is 32.4 Å². The number of thiol groups is 1. The van der Waals surface area contributed by atoms with E-state index in [9.17, 15) is 4.79 Å². The molecule has 5 heteroatoms. The summed E-state index contributed by atoms with van der Waals surface area (Å²) in [6, 6.07) is 0. The first kappa shape index (κ1) is 17.6. The fraction of sp³-hybridized carbons (Fsp3) is 0.923. The van der Waals surface area contributed by atoms with Crippen molar-refractivity contribution in [1.82, 2.24) is 9.80 Å². The maximum atomic E-state index is 11.8. The first-order chi connectivity index (χ1) is 8.30. The zero-order chi connectivity index (χ0) is 14.2. The molecule has 0 radical (unpaired) electrons. The summed E-state index contributed by atoms with van der Waals surface area (Å²) in [6.07, 6.45) is 0.856. The van der Waals surface area contributed by atoms with E-state index in [2.05, 4.69) is 24.5 Å². The molecule has 0 aliphatic rings. The van der Waals surface area contributed by atoms with Crippen LogP contribution in [0.2, 0.25) is 0 Å². The van der Waals surface area contributed by atoms with Crippen molar-refractivity contribution in [2.24, 2.45) is 0 Å². The first-order valence-electron chi connectivity index (χ1n) is 6.57. The molecule has 0 aromatic carbocycles. The number of nitrogens with zero attached hydrogens (tertiary/aromatic N) is 2. The van der Waals surface area contributed by atoms with Crippen LogP contribution in [-0.2, 0) is 4.74 Å². The summed E-state index contributed by atoms with van der Waals surface area (Å²) >= 11 is 4.25. The highest BCUT2D eigenvalue weighted by molar-refractivity contribution is 7.80. The largest absolute Gasteiger partial charge is 0.444 e. The van der Waals surface area contributed by atoms with Gasteiger partial charge in [-0.3, -0.25) is 0 Å². The third-order valence-corrected chi connectivity index (χ3v) is 2.61. The van der Waals surface area contributed by atoms with Crippen LogP contribution >= 0.6 is 12.6 Å². The van der Waals surface area contributed by atoms with Crippen LogP contribution in [0, 0.1) is 0 Å². The second-order valence-corrected chi connectivity index (χ2v) is 5.91. The average molecular weight is 276 g/mol. The highest BCUT2D eigenvalue weighted by Gasteiger charge is 2.19. The van der Waals surface area contributed by atoms with E-state index in [1.54, 1.807) is 11.9 Å². The molecule has 18 heavy (non-hydrogen) atoms. The van der Waals surface area contributed by atoms with Gasteiger partial charge in [-0.25, -0.2) is 4.79 Å². The maximum absolute atomic E-state index is 11.8. The average Bonchev–Trinajstić information content (AvgIpc) is 2.23. The molecule has 0 saturated heterocycles. The van der Waals surface area contributed by atoms with Crippen LogP contribution in [0.15, 0.2) is 0 Å². The molecule has 0 heterocycles. The van der Waals surface area contributed by atoms with Crippen molar-refractivity contribution < 1.29 is 9.53 Å². The third kappa shape index (κ3) is 8.64. The summed E-state index contributed by atoms with van der Waals surface area (Å²) in [5, 5.41) is 0. The van der Waals surface area contributed by atoms with Crippen LogP contribution in [0.1, 0.15) is 34.1 Å². The van der Waals surface area contributed by atoms with E-state index >= 15 is 0 Å². The van der Waals surface area contributed by atoms with Crippen LogP contribution in [0.4, 0.5) is 4.79 Å². The number of likely N-dealkylation sites (N-methyl/N-ethyl adjacent to an activating group) is 1. The van der Waals surface area contributed by atoms with Crippen molar-refractivity contribution in [2.75, 3.05) is 39.0 Å². The molecule has 0 rings (SSSR count). The molecule has 108 valence electrons. The zero-order valence-electron chi connectivity index (χ0n) is 12.4. The Balaban J connectivity index is 4.06. The maximum Gasteiger partial charge on any atom is 0.410 e. The lowest BCUT2D eigenvalue weighted by atomic mass is 10.2. The summed E-state index contributed by atoms with van der Waals surface area (Å²) in [7, 11) is 1.78. The fourth-order valence-corrected chi connectivity index (χ4v) is 1.80. The second kappa shape index (κ2) is 8.64. The van der Waals surface area contributed by atoms with Gasteiger partial charge in [-0.1, -0.05) is 6.92 Å². The molecule has 0 fully saturated rings. The molecule has 0 atom stereocenters. The Bertz CT molecular complexity index is 236. The Hall–Kier alpha value is -0.420. The van der Waals surface area contributed by atoms with Gasteiger partial charge >= 0.3 is 6.09 Å². The van der Waals surface area contributed by atoms with Gasteiger partial charge in [0.2, 0.25) is 0 Å². The van der Waals surface area contributed by atoms with Crippen LogP contribution in [0.3, 0.4) is 0 Å². The number of ether oxygens (including phenoxy) is 1. The zero-order valence-corrected chi connectivity index (χ0v) is 13.3. The van der Waals surface area contributed by atoms with Gasteiger partial charge in [-0.2, -0.15) is 12.6 Å². The number of amides is 1. The second-order valence-electron chi connectivity index (χ2n) is 5.47. The van der Waals surface area contributed by atoms with Crippen LogP contribution in [0.25, 0.3) is 0 Å². The third-order valence-electron chi connectivity index (χ3n) is 2.41. The molecule has 0 N–H and O–H groups in total. The lowest BCUT2D eigenvalue weighted by Gasteiger charge is -2.27. The molecule has 0 saturated carbocycles. The van der Waals surface area contributed by atoms with Crippen molar-refractivity contribution in [3.05, 3.63) is 0 Å². The molecule has 4 nitrogen and oxygen atoms in total. The van der Waals surface area contributed by atoms with Crippen LogP contribution < -0.4 is 0 Å². The number of carbonyl (C=O) groups is 1. The Morgan fingerprint density at radius 1 is 1.17 bits per heavy atom. The van der Waals surface area contributed by atoms with Crippen molar-refractivity contribution in [2.45, 2.75) is 39.7 Å². The van der Waals surface area contributed by atoms with E-state index in [0.717, 1.165) is 31.8 Å². The fourth-order valence-electron chi connectivity index (χ4n) is 1.52. The Labute approximate surface area is 117 Å². The van der Waals surface area contributed by atoms with E-state index in [1.165, 1.54) is 0 Å².